The first kappa shape index (κ1) is 19.4. The van der Waals surface area contributed by atoms with Crippen LogP contribution >= 0.6 is 11.6 Å². The Bertz CT molecular complexity index is 673. The monoisotopic (exact) mass is 359 g/mol. The molecule has 0 aliphatic carbocycles. The summed E-state index contributed by atoms with van der Waals surface area (Å²) in [5.74, 6) is -0.126. The van der Waals surface area contributed by atoms with Crippen LogP contribution in [0.3, 0.4) is 0 Å². The molecular formula is C20H26ClN3O. The molecule has 0 aliphatic rings. The summed E-state index contributed by atoms with van der Waals surface area (Å²) in [5, 5.41) is 3.40. The SMILES string of the molecule is CN(CCCc1ccc(CN)cc1)CCNC(=O)c1ccccc1Cl. The standard InChI is InChI=1S/C20H26ClN3O/c1-24(13-4-5-16-8-10-17(15-22)11-9-16)14-12-23-20(25)18-6-2-3-7-19(18)21/h2-3,6-11H,4-5,12-15,22H2,1H3,(H,23,25). The maximum atomic E-state index is 12.1. The molecule has 0 heterocycles. The minimum Gasteiger partial charge on any atom is -0.351 e. The van der Waals surface area contributed by atoms with Crippen LogP contribution in [0.1, 0.15) is 27.9 Å². The van der Waals surface area contributed by atoms with E-state index in [0.29, 0.717) is 23.7 Å². The van der Waals surface area contributed by atoms with Crippen molar-refractivity contribution in [2.45, 2.75) is 19.4 Å². The summed E-state index contributed by atoms with van der Waals surface area (Å²) in [6, 6.07) is 15.5. The normalized spacial score (nSPS) is 10.9. The number of nitrogens with two attached hydrogens (primary N) is 1. The zero-order valence-electron chi connectivity index (χ0n) is 14.7. The highest BCUT2D eigenvalue weighted by Gasteiger charge is 2.09. The van der Waals surface area contributed by atoms with Crippen LogP contribution in [-0.4, -0.2) is 37.5 Å². The van der Waals surface area contributed by atoms with Crippen LogP contribution in [-0.2, 0) is 13.0 Å². The molecule has 2 aromatic rings. The molecule has 0 saturated carbocycles. The van der Waals surface area contributed by atoms with Gasteiger partial charge in [0.15, 0.2) is 0 Å². The van der Waals surface area contributed by atoms with Gasteiger partial charge in [-0.1, -0.05) is 48.0 Å². The molecule has 0 fully saturated rings. The van der Waals surface area contributed by atoms with E-state index in [1.807, 2.05) is 12.1 Å². The van der Waals surface area contributed by atoms with Crippen LogP contribution in [0.5, 0.6) is 0 Å². The van der Waals surface area contributed by atoms with Crippen LogP contribution in [0.25, 0.3) is 0 Å². The highest BCUT2D eigenvalue weighted by molar-refractivity contribution is 6.33. The maximum Gasteiger partial charge on any atom is 0.252 e. The second-order valence-corrected chi connectivity index (χ2v) is 6.57. The van der Waals surface area contributed by atoms with Gasteiger partial charge in [0.25, 0.3) is 5.91 Å². The third-order valence-corrected chi connectivity index (χ3v) is 4.49. The second-order valence-electron chi connectivity index (χ2n) is 6.16. The maximum absolute atomic E-state index is 12.1. The first-order valence-electron chi connectivity index (χ1n) is 8.59. The molecule has 0 aromatic heterocycles. The van der Waals surface area contributed by atoms with E-state index in [2.05, 4.69) is 41.5 Å². The van der Waals surface area contributed by atoms with Gasteiger partial charge in [0.1, 0.15) is 0 Å². The number of nitrogens with one attached hydrogen (secondary N) is 1. The summed E-state index contributed by atoms with van der Waals surface area (Å²) in [7, 11) is 2.07. The van der Waals surface area contributed by atoms with E-state index in [1.54, 1.807) is 12.1 Å². The number of aryl methyl sites for hydroxylation is 1. The Labute approximate surface area is 155 Å². The molecular weight excluding hydrogens is 334 g/mol. The number of carbonyl (C=O) groups is 1. The van der Waals surface area contributed by atoms with Gasteiger partial charge < -0.3 is 16.0 Å². The number of hydrogen-bond donors (Lipinski definition) is 2. The number of halogens is 1. The Morgan fingerprint density at radius 3 is 2.44 bits per heavy atom. The van der Waals surface area contributed by atoms with E-state index in [4.69, 9.17) is 17.3 Å². The smallest absolute Gasteiger partial charge is 0.252 e. The number of hydrogen-bond acceptors (Lipinski definition) is 3. The average molecular weight is 360 g/mol. The summed E-state index contributed by atoms with van der Waals surface area (Å²) in [6.07, 6.45) is 2.12. The van der Waals surface area contributed by atoms with Crippen LogP contribution in [0.15, 0.2) is 48.5 Å². The van der Waals surface area contributed by atoms with E-state index < -0.39 is 0 Å². The Kier molecular flexibility index (Phi) is 7.92. The molecule has 0 aliphatic heterocycles. The molecule has 0 radical (unpaired) electrons. The van der Waals surface area contributed by atoms with Gasteiger partial charge in [-0.25, -0.2) is 0 Å². The first-order chi connectivity index (χ1) is 12.1. The number of likely N-dealkylation sites (N-methyl/N-ethyl adjacent to an activating group) is 1. The van der Waals surface area contributed by atoms with Crippen molar-refractivity contribution in [3.8, 4) is 0 Å². The highest BCUT2D eigenvalue weighted by atomic mass is 35.5. The number of nitrogens with zero attached hydrogens (tertiary/aromatic N) is 1. The van der Waals surface area contributed by atoms with Crippen molar-refractivity contribution in [1.29, 1.82) is 0 Å². The molecule has 0 atom stereocenters. The van der Waals surface area contributed by atoms with Crippen molar-refractivity contribution >= 4 is 17.5 Å². The van der Waals surface area contributed by atoms with Gasteiger partial charge in [-0.05, 0) is 49.7 Å². The number of rotatable bonds is 9. The van der Waals surface area contributed by atoms with Crippen molar-refractivity contribution in [3.05, 3.63) is 70.2 Å². The Morgan fingerprint density at radius 1 is 1.08 bits per heavy atom. The predicted octanol–water partition coefficient (Wildman–Crippen LogP) is 3.09. The van der Waals surface area contributed by atoms with Gasteiger partial charge >= 0.3 is 0 Å². The topological polar surface area (TPSA) is 58.4 Å². The van der Waals surface area contributed by atoms with Crippen molar-refractivity contribution in [3.63, 3.8) is 0 Å². The molecule has 3 N–H and O–H groups in total. The zero-order chi connectivity index (χ0) is 18.1. The molecule has 1 amide bonds. The molecule has 2 aromatic carbocycles. The lowest BCUT2D eigenvalue weighted by molar-refractivity contribution is 0.0950. The van der Waals surface area contributed by atoms with Crippen molar-refractivity contribution < 1.29 is 4.79 Å². The van der Waals surface area contributed by atoms with Crippen molar-refractivity contribution in [2.75, 3.05) is 26.7 Å². The molecule has 0 saturated heterocycles. The lowest BCUT2D eigenvalue weighted by Crippen LogP contribution is -2.33. The largest absolute Gasteiger partial charge is 0.351 e. The van der Waals surface area contributed by atoms with Crippen molar-refractivity contribution in [2.24, 2.45) is 5.73 Å². The van der Waals surface area contributed by atoms with E-state index in [1.165, 1.54) is 5.56 Å². The Morgan fingerprint density at radius 2 is 1.76 bits per heavy atom. The lowest BCUT2D eigenvalue weighted by Gasteiger charge is -2.17. The molecule has 0 spiro atoms. The molecule has 5 heteroatoms. The van der Waals surface area contributed by atoms with Crippen molar-refractivity contribution in [1.82, 2.24) is 10.2 Å². The molecule has 4 nitrogen and oxygen atoms in total. The summed E-state index contributed by atoms with van der Waals surface area (Å²) in [5.41, 5.74) is 8.62. The minimum atomic E-state index is -0.126. The Hall–Kier alpha value is -1.88. The van der Waals surface area contributed by atoms with Gasteiger partial charge in [-0.3, -0.25) is 4.79 Å². The molecule has 25 heavy (non-hydrogen) atoms. The lowest BCUT2D eigenvalue weighted by atomic mass is 10.1. The number of amides is 1. The fourth-order valence-corrected chi connectivity index (χ4v) is 2.83. The molecule has 134 valence electrons. The van der Waals surface area contributed by atoms with Gasteiger partial charge in [0.2, 0.25) is 0 Å². The van der Waals surface area contributed by atoms with Gasteiger partial charge in [-0.15, -0.1) is 0 Å². The second kappa shape index (κ2) is 10.2. The van der Waals surface area contributed by atoms with Crippen LogP contribution in [0.4, 0.5) is 0 Å². The summed E-state index contributed by atoms with van der Waals surface area (Å²) in [4.78, 5) is 14.3. The predicted molar refractivity (Wildman–Crippen MR) is 104 cm³/mol. The average Bonchev–Trinajstić information content (AvgIpc) is 2.62. The van der Waals surface area contributed by atoms with Gasteiger partial charge in [-0.2, -0.15) is 0 Å². The van der Waals surface area contributed by atoms with E-state index in [-0.39, 0.29) is 5.91 Å². The fraction of sp³-hybridized carbons (Fsp3) is 0.350. The van der Waals surface area contributed by atoms with E-state index in [9.17, 15) is 4.79 Å². The van der Waals surface area contributed by atoms with Crippen LogP contribution in [0, 0.1) is 0 Å². The van der Waals surface area contributed by atoms with Crippen LogP contribution in [0.2, 0.25) is 5.02 Å². The highest BCUT2D eigenvalue weighted by Crippen LogP contribution is 2.14. The number of benzene rings is 2. The van der Waals surface area contributed by atoms with Gasteiger partial charge in [0, 0.05) is 19.6 Å². The Balaban J connectivity index is 1.64. The fourth-order valence-electron chi connectivity index (χ4n) is 2.61. The zero-order valence-corrected chi connectivity index (χ0v) is 15.4. The molecule has 2 rings (SSSR count). The minimum absolute atomic E-state index is 0.126. The van der Waals surface area contributed by atoms with E-state index in [0.717, 1.165) is 31.5 Å². The quantitative estimate of drug-likeness (QED) is 0.723. The summed E-state index contributed by atoms with van der Waals surface area (Å²) < 4.78 is 0. The summed E-state index contributed by atoms with van der Waals surface area (Å²) >= 11 is 6.03. The van der Waals surface area contributed by atoms with Crippen LogP contribution < -0.4 is 11.1 Å². The molecule has 0 bridgehead atoms. The first-order valence-corrected chi connectivity index (χ1v) is 8.97. The molecule has 0 unspecified atom stereocenters. The third-order valence-electron chi connectivity index (χ3n) is 4.16. The van der Waals surface area contributed by atoms with E-state index >= 15 is 0 Å². The van der Waals surface area contributed by atoms with Gasteiger partial charge in [0.05, 0.1) is 10.6 Å². The third kappa shape index (κ3) is 6.50. The number of carbonyl (C=O) groups excluding carboxylic acids is 1. The summed E-state index contributed by atoms with van der Waals surface area (Å²) in [6.45, 7) is 2.98.